The minimum Gasteiger partial charge on any atom is -0.348 e. The molecule has 0 atom stereocenters. The van der Waals surface area contributed by atoms with E-state index in [1.165, 1.54) is 18.2 Å². The van der Waals surface area contributed by atoms with Crippen LogP contribution in [-0.4, -0.2) is 18.2 Å². The highest BCUT2D eigenvalue weighted by molar-refractivity contribution is 6.41. The summed E-state index contributed by atoms with van der Waals surface area (Å²) in [5, 5.41) is 2.64. The monoisotopic (exact) mass is 325 g/mol. The molecule has 1 amide bonds. The molecule has 0 bridgehead atoms. The number of halogens is 1. The largest absolute Gasteiger partial charge is 0.348 e. The summed E-state index contributed by atoms with van der Waals surface area (Å²) in [6.45, 7) is 4.12. The van der Waals surface area contributed by atoms with E-state index in [9.17, 15) is 14.0 Å². The first kappa shape index (κ1) is 17.6. The summed E-state index contributed by atoms with van der Waals surface area (Å²) in [5.74, 6) is -1.56. The molecule has 0 unspecified atom stereocenters. The van der Waals surface area contributed by atoms with Crippen LogP contribution in [0.1, 0.15) is 25.0 Å². The SMILES string of the molecule is CC(C)(CNC(=O)C(=O)C=Cc1ccccc1)c1ccc(F)cc1. The number of amides is 1. The third kappa shape index (κ3) is 4.88. The van der Waals surface area contributed by atoms with E-state index in [0.717, 1.165) is 11.1 Å². The van der Waals surface area contributed by atoms with Gasteiger partial charge in [0.05, 0.1) is 0 Å². The van der Waals surface area contributed by atoms with Crippen LogP contribution in [0, 0.1) is 5.82 Å². The summed E-state index contributed by atoms with van der Waals surface area (Å²) in [5.41, 5.74) is 1.33. The van der Waals surface area contributed by atoms with E-state index >= 15 is 0 Å². The molecule has 0 spiro atoms. The van der Waals surface area contributed by atoms with E-state index < -0.39 is 17.1 Å². The number of ketones is 1. The maximum atomic E-state index is 13.0. The van der Waals surface area contributed by atoms with E-state index in [4.69, 9.17) is 0 Å². The van der Waals surface area contributed by atoms with Gasteiger partial charge in [-0.15, -0.1) is 0 Å². The van der Waals surface area contributed by atoms with Gasteiger partial charge in [-0.1, -0.05) is 62.4 Å². The number of hydrogen-bond donors (Lipinski definition) is 1. The molecular weight excluding hydrogens is 305 g/mol. The van der Waals surface area contributed by atoms with Crippen molar-refractivity contribution in [1.82, 2.24) is 5.32 Å². The molecule has 4 heteroatoms. The molecule has 0 heterocycles. The van der Waals surface area contributed by atoms with Gasteiger partial charge in [0.1, 0.15) is 5.82 Å². The lowest BCUT2D eigenvalue weighted by Crippen LogP contribution is -2.39. The average molecular weight is 325 g/mol. The van der Waals surface area contributed by atoms with Crippen molar-refractivity contribution in [2.45, 2.75) is 19.3 Å². The summed E-state index contributed by atoms with van der Waals surface area (Å²) in [6, 6.07) is 15.4. The highest BCUT2D eigenvalue weighted by atomic mass is 19.1. The van der Waals surface area contributed by atoms with Crippen molar-refractivity contribution in [3.05, 3.63) is 77.6 Å². The van der Waals surface area contributed by atoms with Crippen LogP contribution in [0.5, 0.6) is 0 Å². The summed E-state index contributed by atoms with van der Waals surface area (Å²) < 4.78 is 13.0. The number of carbonyl (C=O) groups excluding carboxylic acids is 2. The van der Waals surface area contributed by atoms with Crippen LogP contribution in [0.2, 0.25) is 0 Å². The van der Waals surface area contributed by atoms with Crippen molar-refractivity contribution in [2.75, 3.05) is 6.54 Å². The molecule has 2 rings (SSSR count). The maximum absolute atomic E-state index is 13.0. The molecule has 0 aliphatic heterocycles. The molecular formula is C20H20FNO2. The fraction of sp³-hybridized carbons (Fsp3) is 0.200. The van der Waals surface area contributed by atoms with Gasteiger partial charge >= 0.3 is 0 Å². The lowest BCUT2D eigenvalue weighted by molar-refractivity contribution is -0.135. The summed E-state index contributed by atoms with van der Waals surface area (Å²) >= 11 is 0. The molecule has 0 radical (unpaired) electrons. The molecule has 0 saturated carbocycles. The van der Waals surface area contributed by atoms with Crippen LogP contribution < -0.4 is 5.32 Å². The van der Waals surface area contributed by atoms with Crippen LogP contribution in [-0.2, 0) is 15.0 Å². The first-order valence-corrected chi connectivity index (χ1v) is 7.70. The summed E-state index contributed by atoms with van der Waals surface area (Å²) in [7, 11) is 0. The standard InChI is InChI=1S/C20H20FNO2/c1-20(2,16-9-11-17(21)12-10-16)14-22-19(24)18(23)13-8-15-6-4-3-5-7-15/h3-13H,14H2,1-2H3,(H,22,24). The number of benzene rings is 2. The second-order valence-corrected chi connectivity index (χ2v) is 6.18. The molecule has 0 aromatic heterocycles. The molecule has 2 aromatic rings. The Hall–Kier alpha value is -2.75. The van der Waals surface area contributed by atoms with Crippen molar-refractivity contribution in [1.29, 1.82) is 0 Å². The lowest BCUT2D eigenvalue weighted by atomic mass is 9.84. The van der Waals surface area contributed by atoms with Gasteiger partial charge in [0.15, 0.2) is 0 Å². The van der Waals surface area contributed by atoms with E-state index in [0.29, 0.717) is 0 Å². The number of hydrogen-bond acceptors (Lipinski definition) is 2. The third-order valence-electron chi connectivity index (χ3n) is 3.77. The molecule has 24 heavy (non-hydrogen) atoms. The van der Waals surface area contributed by atoms with E-state index in [1.54, 1.807) is 18.2 Å². The Kier molecular flexibility index (Phi) is 5.64. The van der Waals surface area contributed by atoms with Gasteiger partial charge in [0, 0.05) is 12.0 Å². The summed E-state index contributed by atoms with van der Waals surface area (Å²) in [4.78, 5) is 23.8. The van der Waals surface area contributed by atoms with Gasteiger partial charge in [0.25, 0.3) is 5.91 Å². The minimum atomic E-state index is -0.655. The lowest BCUT2D eigenvalue weighted by Gasteiger charge is -2.25. The fourth-order valence-corrected chi connectivity index (χ4v) is 2.20. The van der Waals surface area contributed by atoms with Gasteiger partial charge < -0.3 is 5.32 Å². The third-order valence-corrected chi connectivity index (χ3v) is 3.77. The smallest absolute Gasteiger partial charge is 0.291 e. The number of nitrogens with one attached hydrogen (secondary N) is 1. The predicted molar refractivity (Wildman–Crippen MR) is 92.9 cm³/mol. The number of carbonyl (C=O) groups is 2. The van der Waals surface area contributed by atoms with Gasteiger partial charge in [0.2, 0.25) is 5.78 Å². The first-order valence-electron chi connectivity index (χ1n) is 7.70. The van der Waals surface area contributed by atoms with Crippen molar-refractivity contribution >= 4 is 17.8 Å². The Balaban J connectivity index is 1.93. The average Bonchev–Trinajstić information content (AvgIpc) is 2.59. The van der Waals surface area contributed by atoms with Gasteiger partial charge in [-0.25, -0.2) is 4.39 Å². The topological polar surface area (TPSA) is 46.2 Å². The normalized spacial score (nSPS) is 11.5. The summed E-state index contributed by atoms with van der Waals surface area (Å²) in [6.07, 6.45) is 2.86. The zero-order valence-electron chi connectivity index (χ0n) is 13.8. The highest BCUT2D eigenvalue weighted by Crippen LogP contribution is 2.22. The van der Waals surface area contributed by atoms with Crippen LogP contribution in [0.15, 0.2) is 60.7 Å². The molecule has 1 N–H and O–H groups in total. The van der Waals surface area contributed by atoms with Crippen LogP contribution in [0.4, 0.5) is 4.39 Å². The van der Waals surface area contributed by atoms with E-state index in [1.807, 2.05) is 44.2 Å². The quantitative estimate of drug-likeness (QED) is 0.653. The predicted octanol–water partition coefficient (Wildman–Crippen LogP) is 3.50. The van der Waals surface area contributed by atoms with Gasteiger partial charge in [-0.3, -0.25) is 9.59 Å². The second-order valence-electron chi connectivity index (χ2n) is 6.18. The maximum Gasteiger partial charge on any atom is 0.291 e. The Morgan fingerprint density at radius 1 is 1.04 bits per heavy atom. The second kappa shape index (κ2) is 7.68. The van der Waals surface area contributed by atoms with Gasteiger partial charge in [-0.05, 0) is 29.3 Å². The van der Waals surface area contributed by atoms with Crippen LogP contribution in [0.25, 0.3) is 6.08 Å². The first-order chi connectivity index (χ1) is 11.4. The van der Waals surface area contributed by atoms with Crippen molar-refractivity contribution in [3.63, 3.8) is 0 Å². The Morgan fingerprint density at radius 3 is 2.29 bits per heavy atom. The van der Waals surface area contributed by atoms with Crippen molar-refractivity contribution < 1.29 is 14.0 Å². The van der Waals surface area contributed by atoms with Crippen molar-refractivity contribution in [2.24, 2.45) is 0 Å². The molecule has 0 aliphatic carbocycles. The molecule has 0 saturated heterocycles. The highest BCUT2D eigenvalue weighted by Gasteiger charge is 2.22. The Bertz CT molecular complexity index is 734. The zero-order valence-corrected chi connectivity index (χ0v) is 13.8. The zero-order chi connectivity index (χ0) is 17.6. The van der Waals surface area contributed by atoms with Gasteiger partial charge in [-0.2, -0.15) is 0 Å². The Morgan fingerprint density at radius 2 is 1.67 bits per heavy atom. The molecule has 0 aliphatic rings. The molecule has 124 valence electrons. The molecule has 3 nitrogen and oxygen atoms in total. The minimum absolute atomic E-state index is 0.280. The van der Waals surface area contributed by atoms with Crippen LogP contribution in [0.3, 0.4) is 0 Å². The number of rotatable bonds is 6. The van der Waals surface area contributed by atoms with Crippen LogP contribution >= 0.6 is 0 Å². The Labute approximate surface area is 141 Å². The molecule has 2 aromatic carbocycles. The van der Waals surface area contributed by atoms with E-state index in [-0.39, 0.29) is 12.4 Å². The fourth-order valence-electron chi connectivity index (χ4n) is 2.20. The van der Waals surface area contributed by atoms with E-state index in [2.05, 4.69) is 5.32 Å². The van der Waals surface area contributed by atoms with Crippen molar-refractivity contribution in [3.8, 4) is 0 Å². The molecule has 0 fully saturated rings.